The molecule has 1 saturated heterocycles. The van der Waals surface area contributed by atoms with Crippen LogP contribution in [0.5, 0.6) is 0 Å². The summed E-state index contributed by atoms with van der Waals surface area (Å²) in [4.78, 5) is 2.43. The lowest BCUT2D eigenvalue weighted by atomic mass is 9.99. The molecule has 1 aromatic carbocycles. The SMILES string of the molecule is C[C@@H](CN1CCC(O)CC1)c1cccc(Cl)c1. The van der Waals surface area contributed by atoms with E-state index in [4.69, 9.17) is 11.6 Å². The molecule has 3 heteroatoms. The van der Waals surface area contributed by atoms with Crippen molar-refractivity contribution in [1.82, 2.24) is 4.90 Å². The second-order valence-electron chi connectivity index (χ2n) is 4.99. The zero-order valence-corrected chi connectivity index (χ0v) is 11.0. The Morgan fingerprint density at radius 3 is 2.76 bits per heavy atom. The maximum Gasteiger partial charge on any atom is 0.0564 e. The summed E-state index contributed by atoms with van der Waals surface area (Å²) in [6, 6.07) is 8.10. The van der Waals surface area contributed by atoms with Gasteiger partial charge in [0.1, 0.15) is 0 Å². The van der Waals surface area contributed by atoms with Gasteiger partial charge in [0.2, 0.25) is 0 Å². The van der Waals surface area contributed by atoms with Gasteiger partial charge in [-0.3, -0.25) is 0 Å². The van der Waals surface area contributed by atoms with E-state index in [1.54, 1.807) is 0 Å². The van der Waals surface area contributed by atoms with Crippen LogP contribution in [0.15, 0.2) is 24.3 Å². The fourth-order valence-electron chi connectivity index (χ4n) is 2.41. The Bertz CT molecular complexity index is 361. The zero-order valence-electron chi connectivity index (χ0n) is 10.3. The van der Waals surface area contributed by atoms with Crippen molar-refractivity contribution in [3.05, 3.63) is 34.9 Å². The summed E-state index contributed by atoms with van der Waals surface area (Å²) in [6.07, 6.45) is 1.72. The third-order valence-corrected chi connectivity index (χ3v) is 3.74. The molecule has 0 aliphatic carbocycles. The van der Waals surface area contributed by atoms with Crippen LogP contribution in [0, 0.1) is 0 Å². The van der Waals surface area contributed by atoms with Crippen LogP contribution in [0.25, 0.3) is 0 Å². The van der Waals surface area contributed by atoms with Crippen LogP contribution >= 0.6 is 11.6 Å². The molecule has 0 spiro atoms. The fraction of sp³-hybridized carbons (Fsp3) is 0.571. The molecule has 2 nitrogen and oxygen atoms in total. The molecule has 1 aliphatic rings. The predicted molar refractivity (Wildman–Crippen MR) is 71.5 cm³/mol. The van der Waals surface area contributed by atoms with Crippen LogP contribution in [0.2, 0.25) is 5.02 Å². The zero-order chi connectivity index (χ0) is 12.3. The molecule has 1 aliphatic heterocycles. The van der Waals surface area contributed by atoms with Crippen LogP contribution in [-0.4, -0.2) is 35.7 Å². The standard InChI is InChI=1S/C14H20ClNO/c1-11(12-3-2-4-13(15)9-12)10-16-7-5-14(17)6-8-16/h2-4,9,11,14,17H,5-8,10H2,1H3/t11-/m0/s1. The van der Waals surface area contributed by atoms with Crippen molar-refractivity contribution >= 4 is 11.6 Å². The minimum absolute atomic E-state index is 0.0901. The molecule has 1 heterocycles. The summed E-state index contributed by atoms with van der Waals surface area (Å²) < 4.78 is 0. The summed E-state index contributed by atoms with van der Waals surface area (Å²) in [5.74, 6) is 0.490. The number of halogens is 1. The van der Waals surface area contributed by atoms with Gasteiger partial charge in [-0.25, -0.2) is 0 Å². The minimum Gasteiger partial charge on any atom is -0.393 e. The van der Waals surface area contributed by atoms with E-state index in [2.05, 4.69) is 17.9 Å². The van der Waals surface area contributed by atoms with Crippen molar-refractivity contribution in [2.75, 3.05) is 19.6 Å². The van der Waals surface area contributed by atoms with E-state index in [1.165, 1.54) is 5.56 Å². The number of hydrogen-bond acceptors (Lipinski definition) is 2. The minimum atomic E-state index is -0.0901. The Morgan fingerprint density at radius 2 is 2.12 bits per heavy atom. The Kier molecular flexibility index (Phi) is 4.43. The van der Waals surface area contributed by atoms with Gasteiger partial charge < -0.3 is 10.0 Å². The summed E-state index contributed by atoms with van der Waals surface area (Å²) in [5.41, 5.74) is 1.30. The molecule has 0 amide bonds. The second kappa shape index (κ2) is 5.85. The van der Waals surface area contributed by atoms with Gasteiger partial charge >= 0.3 is 0 Å². The predicted octanol–water partition coefficient (Wildman–Crippen LogP) is 2.90. The number of rotatable bonds is 3. The molecular weight excluding hydrogens is 234 g/mol. The van der Waals surface area contributed by atoms with Crippen molar-refractivity contribution in [3.63, 3.8) is 0 Å². The highest BCUT2D eigenvalue weighted by Crippen LogP contribution is 2.21. The number of aliphatic hydroxyl groups excluding tert-OH is 1. The van der Waals surface area contributed by atoms with Gasteiger partial charge in [0, 0.05) is 24.7 Å². The quantitative estimate of drug-likeness (QED) is 0.896. The Balaban J connectivity index is 1.90. The van der Waals surface area contributed by atoms with Crippen molar-refractivity contribution in [2.24, 2.45) is 0 Å². The number of piperidine rings is 1. The van der Waals surface area contributed by atoms with Crippen LogP contribution in [0.3, 0.4) is 0 Å². The Morgan fingerprint density at radius 1 is 1.41 bits per heavy atom. The molecule has 1 aromatic rings. The van der Waals surface area contributed by atoms with E-state index in [0.717, 1.165) is 37.5 Å². The average Bonchev–Trinajstić information content (AvgIpc) is 2.32. The van der Waals surface area contributed by atoms with Crippen molar-refractivity contribution in [3.8, 4) is 0 Å². The molecule has 0 radical (unpaired) electrons. The summed E-state index contributed by atoms with van der Waals surface area (Å²) >= 11 is 6.00. The van der Waals surface area contributed by atoms with Crippen LogP contribution < -0.4 is 0 Å². The van der Waals surface area contributed by atoms with E-state index >= 15 is 0 Å². The first-order chi connectivity index (χ1) is 8.15. The summed E-state index contributed by atoms with van der Waals surface area (Å²) in [7, 11) is 0. The fourth-order valence-corrected chi connectivity index (χ4v) is 2.61. The van der Waals surface area contributed by atoms with E-state index in [9.17, 15) is 5.11 Å². The highest BCUT2D eigenvalue weighted by molar-refractivity contribution is 6.30. The molecule has 0 saturated carbocycles. The monoisotopic (exact) mass is 253 g/mol. The molecule has 1 fully saturated rings. The van der Waals surface area contributed by atoms with E-state index in [1.807, 2.05) is 18.2 Å². The van der Waals surface area contributed by atoms with Gasteiger partial charge in [-0.2, -0.15) is 0 Å². The van der Waals surface area contributed by atoms with Gasteiger partial charge in [0.25, 0.3) is 0 Å². The van der Waals surface area contributed by atoms with Gasteiger partial charge in [0.15, 0.2) is 0 Å². The molecule has 94 valence electrons. The van der Waals surface area contributed by atoms with E-state index in [-0.39, 0.29) is 6.10 Å². The maximum absolute atomic E-state index is 9.47. The highest BCUT2D eigenvalue weighted by atomic mass is 35.5. The lowest BCUT2D eigenvalue weighted by Gasteiger charge is -2.31. The third-order valence-electron chi connectivity index (χ3n) is 3.51. The molecule has 0 aromatic heterocycles. The van der Waals surface area contributed by atoms with Gasteiger partial charge in [0.05, 0.1) is 6.10 Å². The first-order valence-corrected chi connectivity index (χ1v) is 6.69. The largest absolute Gasteiger partial charge is 0.393 e. The molecule has 0 bridgehead atoms. The highest BCUT2D eigenvalue weighted by Gasteiger charge is 2.19. The smallest absolute Gasteiger partial charge is 0.0564 e. The van der Waals surface area contributed by atoms with Crippen LogP contribution in [0.1, 0.15) is 31.2 Å². The molecular formula is C14H20ClNO. The first kappa shape index (κ1) is 12.9. The normalized spacial score (nSPS) is 20.4. The lowest BCUT2D eigenvalue weighted by Crippen LogP contribution is -2.37. The van der Waals surface area contributed by atoms with Gasteiger partial charge in [-0.05, 0) is 36.5 Å². The van der Waals surface area contributed by atoms with Crippen LogP contribution in [0.4, 0.5) is 0 Å². The number of hydrogen-bond donors (Lipinski definition) is 1. The molecule has 17 heavy (non-hydrogen) atoms. The third kappa shape index (κ3) is 3.70. The first-order valence-electron chi connectivity index (χ1n) is 6.31. The van der Waals surface area contributed by atoms with Gasteiger partial charge in [-0.1, -0.05) is 30.7 Å². The molecule has 1 atom stereocenters. The Hall–Kier alpha value is -0.570. The van der Waals surface area contributed by atoms with Crippen molar-refractivity contribution < 1.29 is 5.11 Å². The molecule has 1 N–H and O–H groups in total. The second-order valence-corrected chi connectivity index (χ2v) is 5.42. The lowest BCUT2D eigenvalue weighted by molar-refractivity contribution is 0.0803. The average molecular weight is 254 g/mol. The van der Waals surface area contributed by atoms with E-state index in [0.29, 0.717) is 5.92 Å². The Labute approximate surface area is 108 Å². The van der Waals surface area contributed by atoms with Gasteiger partial charge in [-0.15, -0.1) is 0 Å². The maximum atomic E-state index is 9.47. The number of nitrogens with zero attached hydrogens (tertiary/aromatic N) is 1. The molecule has 2 rings (SSSR count). The molecule has 0 unspecified atom stereocenters. The topological polar surface area (TPSA) is 23.5 Å². The summed E-state index contributed by atoms with van der Waals surface area (Å²) in [6.45, 7) is 5.29. The number of benzene rings is 1. The number of likely N-dealkylation sites (tertiary alicyclic amines) is 1. The van der Waals surface area contributed by atoms with E-state index < -0.39 is 0 Å². The van der Waals surface area contributed by atoms with Crippen LogP contribution in [-0.2, 0) is 0 Å². The summed E-state index contributed by atoms with van der Waals surface area (Å²) in [5, 5.41) is 10.3. The van der Waals surface area contributed by atoms with Crippen molar-refractivity contribution in [2.45, 2.75) is 31.8 Å². The number of aliphatic hydroxyl groups is 1. The van der Waals surface area contributed by atoms with Crippen molar-refractivity contribution in [1.29, 1.82) is 0 Å².